The Bertz CT molecular complexity index is 313. The van der Waals surface area contributed by atoms with Crippen LogP contribution < -0.4 is 14.2 Å². The van der Waals surface area contributed by atoms with Crippen molar-refractivity contribution in [2.24, 2.45) is 0 Å². The largest absolute Gasteiger partial charge is 0.475 e. The number of hydrogen-bond donors (Lipinski definition) is 0. The molecule has 0 saturated carbocycles. The summed E-state index contributed by atoms with van der Waals surface area (Å²) in [6, 6.07) is 1.41. The van der Waals surface area contributed by atoms with Gasteiger partial charge in [-0.15, -0.1) is 0 Å². The Kier molecular flexibility index (Phi) is 5.98. The summed E-state index contributed by atoms with van der Waals surface area (Å²) in [5.74, 6) is 0.268. The van der Waals surface area contributed by atoms with E-state index >= 15 is 0 Å². The predicted molar refractivity (Wildman–Crippen MR) is 56.1 cm³/mol. The molecule has 1 aromatic rings. The molecule has 96 valence electrons. The Hall–Kier alpha value is -1.66. The van der Waals surface area contributed by atoms with Crippen molar-refractivity contribution in [1.29, 1.82) is 0 Å². The standard InChI is InChI=1S/C10H14F2N2O3/c1-2-15-10-13-8(16-5-3-11)7-9(14-10)17-6-4-12/h7H,2-6H2,1H3. The van der Waals surface area contributed by atoms with Gasteiger partial charge in [-0.3, -0.25) is 0 Å². The van der Waals surface area contributed by atoms with Crippen LogP contribution in [0.15, 0.2) is 6.07 Å². The highest BCUT2D eigenvalue weighted by Crippen LogP contribution is 2.19. The highest BCUT2D eigenvalue weighted by Gasteiger charge is 2.07. The van der Waals surface area contributed by atoms with Gasteiger partial charge in [-0.1, -0.05) is 0 Å². The molecule has 0 unspecified atom stereocenters. The van der Waals surface area contributed by atoms with Crippen LogP contribution in [0.25, 0.3) is 0 Å². The lowest BCUT2D eigenvalue weighted by Gasteiger charge is -2.08. The van der Waals surface area contributed by atoms with E-state index in [1.54, 1.807) is 6.92 Å². The molecular weight excluding hydrogens is 234 g/mol. The minimum absolute atomic E-state index is 0.0534. The van der Waals surface area contributed by atoms with Crippen LogP contribution >= 0.6 is 0 Å². The molecule has 0 spiro atoms. The first-order valence-electron chi connectivity index (χ1n) is 5.19. The zero-order valence-corrected chi connectivity index (χ0v) is 9.49. The molecule has 1 heterocycles. The Morgan fingerprint density at radius 3 is 1.94 bits per heavy atom. The molecule has 17 heavy (non-hydrogen) atoms. The van der Waals surface area contributed by atoms with Gasteiger partial charge in [0.05, 0.1) is 12.7 Å². The summed E-state index contributed by atoms with van der Waals surface area (Å²) in [4.78, 5) is 7.75. The molecule has 0 amide bonds. The van der Waals surface area contributed by atoms with Crippen LogP contribution in [-0.2, 0) is 0 Å². The molecule has 1 rings (SSSR count). The number of hydrogen-bond acceptors (Lipinski definition) is 5. The normalized spacial score (nSPS) is 10.1. The molecule has 0 atom stereocenters. The van der Waals surface area contributed by atoms with E-state index < -0.39 is 13.3 Å². The molecule has 0 aliphatic rings. The number of halogens is 2. The molecule has 0 radical (unpaired) electrons. The smallest absolute Gasteiger partial charge is 0.323 e. The average molecular weight is 248 g/mol. The summed E-state index contributed by atoms with van der Waals surface area (Å²) in [6.07, 6.45) is 0. The molecule has 5 nitrogen and oxygen atoms in total. The quantitative estimate of drug-likeness (QED) is 0.699. The maximum atomic E-state index is 12.0. The van der Waals surface area contributed by atoms with Crippen LogP contribution in [0.1, 0.15) is 6.92 Å². The summed E-state index contributed by atoms with van der Waals surface area (Å²) in [6.45, 7) is 0.634. The molecule has 0 fully saturated rings. The van der Waals surface area contributed by atoms with E-state index in [-0.39, 0.29) is 31.0 Å². The average Bonchev–Trinajstić information content (AvgIpc) is 2.34. The van der Waals surface area contributed by atoms with Crippen molar-refractivity contribution in [3.8, 4) is 17.8 Å². The van der Waals surface area contributed by atoms with Crippen LogP contribution in [0.4, 0.5) is 8.78 Å². The first-order valence-corrected chi connectivity index (χ1v) is 5.19. The van der Waals surface area contributed by atoms with Crippen molar-refractivity contribution >= 4 is 0 Å². The molecule has 0 N–H and O–H groups in total. The second-order valence-electron chi connectivity index (χ2n) is 2.83. The molecule has 0 saturated heterocycles. The number of alkyl halides is 2. The molecule has 0 aliphatic heterocycles. The molecule has 7 heteroatoms. The maximum absolute atomic E-state index is 12.0. The van der Waals surface area contributed by atoms with Crippen molar-refractivity contribution in [3.05, 3.63) is 6.07 Å². The van der Waals surface area contributed by atoms with Crippen molar-refractivity contribution in [2.45, 2.75) is 6.92 Å². The zero-order chi connectivity index (χ0) is 12.5. The van der Waals surface area contributed by atoms with E-state index in [2.05, 4.69) is 9.97 Å². The number of aromatic nitrogens is 2. The molecule has 0 aliphatic carbocycles. The lowest BCUT2D eigenvalue weighted by atomic mass is 10.6. The Labute approximate surface area is 97.7 Å². The highest BCUT2D eigenvalue weighted by molar-refractivity contribution is 5.23. The summed E-state index contributed by atoms with van der Waals surface area (Å²) >= 11 is 0. The number of ether oxygens (including phenoxy) is 3. The van der Waals surface area contributed by atoms with Crippen molar-refractivity contribution < 1.29 is 23.0 Å². The van der Waals surface area contributed by atoms with Gasteiger partial charge in [0.15, 0.2) is 0 Å². The van der Waals surface area contributed by atoms with E-state index in [4.69, 9.17) is 14.2 Å². The summed E-state index contributed by atoms with van der Waals surface area (Å²) in [7, 11) is 0. The van der Waals surface area contributed by atoms with E-state index in [1.807, 2.05) is 0 Å². The van der Waals surface area contributed by atoms with Gasteiger partial charge in [0.25, 0.3) is 0 Å². The lowest BCUT2D eigenvalue weighted by Crippen LogP contribution is -2.07. The minimum atomic E-state index is -0.630. The van der Waals surface area contributed by atoms with E-state index in [9.17, 15) is 8.78 Å². The van der Waals surface area contributed by atoms with Gasteiger partial charge in [0.2, 0.25) is 11.8 Å². The fraction of sp³-hybridized carbons (Fsp3) is 0.600. The predicted octanol–water partition coefficient (Wildman–Crippen LogP) is 1.57. The third kappa shape index (κ3) is 4.80. The first kappa shape index (κ1) is 13.4. The van der Waals surface area contributed by atoms with Crippen molar-refractivity contribution in [2.75, 3.05) is 33.2 Å². The number of rotatable bonds is 8. The van der Waals surface area contributed by atoms with Crippen molar-refractivity contribution in [3.63, 3.8) is 0 Å². The molecule has 1 aromatic heterocycles. The van der Waals surface area contributed by atoms with Gasteiger partial charge in [-0.25, -0.2) is 8.78 Å². The summed E-state index contributed by atoms with van der Waals surface area (Å²) in [5.41, 5.74) is 0. The summed E-state index contributed by atoms with van der Waals surface area (Å²) < 4.78 is 38.9. The van der Waals surface area contributed by atoms with Crippen LogP contribution in [0, 0.1) is 0 Å². The van der Waals surface area contributed by atoms with Gasteiger partial charge in [-0.05, 0) is 6.92 Å². The van der Waals surface area contributed by atoms with Crippen molar-refractivity contribution in [1.82, 2.24) is 9.97 Å². The third-order valence-corrected chi connectivity index (χ3v) is 1.59. The summed E-state index contributed by atoms with van der Waals surface area (Å²) in [5, 5.41) is 0. The fourth-order valence-electron chi connectivity index (χ4n) is 1.01. The third-order valence-electron chi connectivity index (χ3n) is 1.59. The molecule has 0 bridgehead atoms. The fourth-order valence-corrected chi connectivity index (χ4v) is 1.01. The second-order valence-corrected chi connectivity index (χ2v) is 2.83. The van der Waals surface area contributed by atoms with Gasteiger partial charge in [0, 0.05) is 0 Å². The maximum Gasteiger partial charge on any atom is 0.323 e. The van der Waals surface area contributed by atoms with E-state index in [0.29, 0.717) is 6.61 Å². The number of nitrogens with zero attached hydrogens (tertiary/aromatic N) is 2. The zero-order valence-electron chi connectivity index (χ0n) is 9.49. The minimum Gasteiger partial charge on any atom is -0.475 e. The SMILES string of the molecule is CCOc1nc(OCCF)cc(OCCF)n1. The van der Waals surface area contributed by atoms with Gasteiger partial charge in [0.1, 0.15) is 26.6 Å². The molecule has 0 aromatic carbocycles. The van der Waals surface area contributed by atoms with E-state index in [1.165, 1.54) is 6.07 Å². The van der Waals surface area contributed by atoms with E-state index in [0.717, 1.165) is 0 Å². The van der Waals surface area contributed by atoms with Crippen LogP contribution in [0.3, 0.4) is 0 Å². The second kappa shape index (κ2) is 7.59. The topological polar surface area (TPSA) is 53.5 Å². The Morgan fingerprint density at radius 2 is 1.53 bits per heavy atom. The van der Waals surface area contributed by atoms with Gasteiger partial charge < -0.3 is 14.2 Å². The van der Waals surface area contributed by atoms with Gasteiger partial charge in [-0.2, -0.15) is 9.97 Å². The Balaban J connectivity index is 2.76. The Morgan fingerprint density at radius 1 is 1.00 bits per heavy atom. The van der Waals surface area contributed by atoms with Crippen LogP contribution in [-0.4, -0.2) is 43.1 Å². The molecular formula is C10H14F2N2O3. The van der Waals surface area contributed by atoms with Gasteiger partial charge >= 0.3 is 6.01 Å². The van der Waals surface area contributed by atoms with Crippen LogP contribution in [0.2, 0.25) is 0 Å². The first-order chi connectivity index (χ1) is 8.30. The van der Waals surface area contributed by atoms with Crippen LogP contribution in [0.5, 0.6) is 17.8 Å². The monoisotopic (exact) mass is 248 g/mol. The lowest BCUT2D eigenvalue weighted by molar-refractivity contribution is 0.235. The highest BCUT2D eigenvalue weighted by atomic mass is 19.1.